The van der Waals surface area contributed by atoms with Gasteiger partial charge in [-0.15, -0.1) is 0 Å². The summed E-state index contributed by atoms with van der Waals surface area (Å²) in [5.74, 6) is 0.785. The molecule has 2 aliphatic heterocycles. The van der Waals surface area contributed by atoms with Crippen LogP contribution in [0.1, 0.15) is 39.0 Å². The first-order valence-electron chi connectivity index (χ1n) is 9.83. The molecule has 2 N–H and O–H groups in total. The molecule has 0 aliphatic carbocycles. The highest BCUT2D eigenvalue weighted by Crippen LogP contribution is 2.25. The number of ether oxygens (including phenoxy) is 1. The van der Waals surface area contributed by atoms with Crippen LogP contribution in [0.3, 0.4) is 0 Å². The Kier molecular flexibility index (Phi) is 6.55. The van der Waals surface area contributed by atoms with E-state index in [0.717, 1.165) is 30.7 Å². The van der Waals surface area contributed by atoms with Gasteiger partial charge in [0.15, 0.2) is 0 Å². The molecule has 3 rings (SSSR count). The zero-order valence-electron chi connectivity index (χ0n) is 15.9. The van der Waals surface area contributed by atoms with E-state index in [4.69, 9.17) is 4.74 Å². The average Bonchev–Trinajstić information content (AvgIpc) is 3.03. The Labute approximate surface area is 160 Å². The number of nitrogens with zero attached hydrogens (tertiary/aromatic N) is 2. The molecule has 0 saturated carbocycles. The zero-order valence-corrected chi connectivity index (χ0v) is 15.9. The molecule has 0 spiro atoms. The lowest BCUT2D eigenvalue weighted by Crippen LogP contribution is -2.52. The van der Waals surface area contributed by atoms with E-state index in [2.05, 4.69) is 5.32 Å². The standard InChI is InChI=1S/C20H29N3O4/c1-2-27-18-8-6-17(7-9-18)23-14-15(13-19(23)25)21-20(26)22-11-4-3-5-16(22)10-12-24/h6-9,15-16,24H,2-5,10-14H2,1H3,(H,21,26)/t15-,16+/m0/s1. The summed E-state index contributed by atoms with van der Waals surface area (Å²) in [6.45, 7) is 3.79. The second kappa shape index (κ2) is 9.08. The van der Waals surface area contributed by atoms with E-state index in [1.54, 1.807) is 4.90 Å². The number of rotatable bonds is 6. The normalized spacial score (nSPS) is 22.8. The summed E-state index contributed by atoms with van der Waals surface area (Å²) in [6.07, 6.45) is 3.90. The molecule has 0 radical (unpaired) electrons. The second-order valence-corrected chi connectivity index (χ2v) is 7.14. The smallest absolute Gasteiger partial charge is 0.317 e. The van der Waals surface area contributed by atoms with Gasteiger partial charge in [-0.1, -0.05) is 0 Å². The first-order chi connectivity index (χ1) is 13.1. The van der Waals surface area contributed by atoms with E-state index < -0.39 is 0 Å². The monoisotopic (exact) mass is 375 g/mol. The summed E-state index contributed by atoms with van der Waals surface area (Å²) in [4.78, 5) is 28.6. The predicted molar refractivity (Wildman–Crippen MR) is 103 cm³/mol. The Morgan fingerprint density at radius 1 is 1.30 bits per heavy atom. The number of carbonyl (C=O) groups is 2. The van der Waals surface area contributed by atoms with Gasteiger partial charge in [-0.05, 0) is 56.9 Å². The Bertz CT molecular complexity index is 647. The first-order valence-corrected chi connectivity index (χ1v) is 9.83. The van der Waals surface area contributed by atoms with Crippen LogP contribution < -0.4 is 15.0 Å². The summed E-state index contributed by atoms with van der Waals surface area (Å²) < 4.78 is 5.44. The molecule has 0 aromatic heterocycles. The van der Waals surface area contributed by atoms with Crippen LogP contribution in [0.2, 0.25) is 0 Å². The number of aliphatic hydroxyl groups is 1. The van der Waals surface area contributed by atoms with Gasteiger partial charge in [0.2, 0.25) is 5.91 Å². The van der Waals surface area contributed by atoms with Crippen LogP contribution in [0, 0.1) is 0 Å². The van der Waals surface area contributed by atoms with E-state index in [-0.39, 0.29) is 30.6 Å². The molecular formula is C20H29N3O4. The lowest BCUT2D eigenvalue weighted by atomic mass is 10.00. The van der Waals surface area contributed by atoms with Gasteiger partial charge in [-0.25, -0.2) is 4.79 Å². The average molecular weight is 375 g/mol. The number of hydrogen-bond donors (Lipinski definition) is 2. The maximum Gasteiger partial charge on any atom is 0.317 e. The number of hydrogen-bond acceptors (Lipinski definition) is 4. The minimum absolute atomic E-state index is 0.00927. The topological polar surface area (TPSA) is 82.1 Å². The fourth-order valence-corrected chi connectivity index (χ4v) is 3.92. The molecule has 2 aliphatic rings. The van der Waals surface area contributed by atoms with Gasteiger partial charge < -0.3 is 25.0 Å². The molecule has 2 fully saturated rings. The highest BCUT2D eigenvalue weighted by Gasteiger charge is 2.34. The van der Waals surface area contributed by atoms with Crippen molar-refractivity contribution < 1.29 is 19.4 Å². The fraction of sp³-hybridized carbons (Fsp3) is 0.600. The largest absolute Gasteiger partial charge is 0.494 e. The Balaban J connectivity index is 1.59. The molecule has 27 heavy (non-hydrogen) atoms. The summed E-state index contributed by atoms with van der Waals surface area (Å²) >= 11 is 0. The Hall–Kier alpha value is -2.28. The van der Waals surface area contributed by atoms with Gasteiger partial charge in [0.1, 0.15) is 5.75 Å². The number of urea groups is 1. The van der Waals surface area contributed by atoms with Crippen molar-refractivity contribution in [1.29, 1.82) is 0 Å². The number of nitrogens with one attached hydrogen (secondary N) is 1. The number of aliphatic hydroxyl groups excluding tert-OH is 1. The van der Waals surface area contributed by atoms with Crippen molar-refractivity contribution in [3.8, 4) is 5.75 Å². The zero-order chi connectivity index (χ0) is 19.2. The number of benzene rings is 1. The molecule has 1 aromatic rings. The van der Waals surface area contributed by atoms with Crippen LogP contribution >= 0.6 is 0 Å². The van der Waals surface area contributed by atoms with E-state index in [9.17, 15) is 14.7 Å². The molecule has 2 heterocycles. The quantitative estimate of drug-likeness (QED) is 0.798. The molecule has 7 nitrogen and oxygen atoms in total. The lowest BCUT2D eigenvalue weighted by Gasteiger charge is -2.36. The Morgan fingerprint density at radius 2 is 2.07 bits per heavy atom. The number of likely N-dealkylation sites (tertiary alicyclic amines) is 1. The number of carbonyl (C=O) groups excluding carboxylic acids is 2. The SMILES string of the molecule is CCOc1ccc(N2C[C@@H](NC(=O)N3CCCC[C@@H]3CCO)CC2=O)cc1. The molecule has 148 valence electrons. The van der Waals surface area contributed by atoms with Gasteiger partial charge in [-0.3, -0.25) is 4.79 Å². The van der Waals surface area contributed by atoms with Crippen molar-refractivity contribution in [2.75, 3.05) is 31.2 Å². The number of anilines is 1. The van der Waals surface area contributed by atoms with Crippen LogP contribution in [0.25, 0.3) is 0 Å². The number of amides is 3. The molecule has 3 amide bonds. The van der Waals surface area contributed by atoms with Crippen LogP contribution in [0.15, 0.2) is 24.3 Å². The van der Waals surface area contributed by atoms with Crippen molar-refractivity contribution in [2.45, 2.75) is 51.1 Å². The minimum Gasteiger partial charge on any atom is -0.494 e. The van der Waals surface area contributed by atoms with Gasteiger partial charge in [-0.2, -0.15) is 0 Å². The lowest BCUT2D eigenvalue weighted by molar-refractivity contribution is -0.117. The van der Waals surface area contributed by atoms with E-state index in [1.807, 2.05) is 36.1 Å². The first kappa shape index (κ1) is 19.5. The van der Waals surface area contributed by atoms with Crippen LogP contribution in [-0.2, 0) is 4.79 Å². The van der Waals surface area contributed by atoms with E-state index >= 15 is 0 Å². The van der Waals surface area contributed by atoms with Crippen molar-refractivity contribution in [3.63, 3.8) is 0 Å². The van der Waals surface area contributed by atoms with Gasteiger partial charge in [0.05, 0.1) is 12.6 Å². The molecular weight excluding hydrogens is 346 g/mol. The van der Waals surface area contributed by atoms with Gasteiger partial charge >= 0.3 is 6.03 Å². The minimum atomic E-state index is -0.201. The second-order valence-electron chi connectivity index (χ2n) is 7.14. The molecule has 0 bridgehead atoms. The maximum atomic E-state index is 12.7. The van der Waals surface area contributed by atoms with E-state index in [1.165, 1.54) is 0 Å². The summed E-state index contributed by atoms with van der Waals surface area (Å²) in [5, 5.41) is 12.2. The summed E-state index contributed by atoms with van der Waals surface area (Å²) in [5.41, 5.74) is 0.816. The van der Waals surface area contributed by atoms with Crippen molar-refractivity contribution in [3.05, 3.63) is 24.3 Å². The summed E-state index contributed by atoms with van der Waals surface area (Å²) in [7, 11) is 0. The molecule has 2 atom stereocenters. The van der Waals surface area contributed by atoms with Crippen molar-refractivity contribution >= 4 is 17.6 Å². The van der Waals surface area contributed by atoms with Crippen molar-refractivity contribution in [1.82, 2.24) is 10.2 Å². The third kappa shape index (κ3) is 4.71. The highest BCUT2D eigenvalue weighted by atomic mass is 16.5. The fourth-order valence-electron chi connectivity index (χ4n) is 3.92. The highest BCUT2D eigenvalue weighted by molar-refractivity contribution is 5.96. The third-order valence-electron chi connectivity index (χ3n) is 5.26. The van der Waals surface area contributed by atoms with Crippen LogP contribution in [0.4, 0.5) is 10.5 Å². The Morgan fingerprint density at radius 3 is 2.78 bits per heavy atom. The molecule has 7 heteroatoms. The summed E-state index contributed by atoms with van der Waals surface area (Å²) in [6, 6.07) is 7.20. The molecule has 2 saturated heterocycles. The number of piperidine rings is 1. The maximum absolute atomic E-state index is 12.7. The van der Waals surface area contributed by atoms with E-state index in [0.29, 0.717) is 32.5 Å². The molecule has 0 unspecified atom stereocenters. The molecule has 1 aromatic carbocycles. The van der Waals surface area contributed by atoms with Crippen molar-refractivity contribution in [2.24, 2.45) is 0 Å². The third-order valence-corrected chi connectivity index (χ3v) is 5.26. The van der Waals surface area contributed by atoms with Crippen LogP contribution in [0.5, 0.6) is 5.75 Å². The predicted octanol–water partition coefficient (Wildman–Crippen LogP) is 2.14. The van der Waals surface area contributed by atoms with Crippen LogP contribution in [-0.4, -0.2) is 60.3 Å². The van der Waals surface area contributed by atoms with Gasteiger partial charge in [0, 0.05) is 37.8 Å². The van der Waals surface area contributed by atoms with Gasteiger partial charge in [0.25, 0.3) is 0 Å².